The fourth-order valence-electron chi connectivity index (χ4n) is 2.47. The average molecular weight is 323 g/mol. The molecule has 0 saturated heterocycles. The lowest BCUT2D eigenvalue weighted by Crippen LogP contribution is -1.96. The van der Waals surface area contributed by atoms with Crippen LogP contribution in [0.15, 0.2) is 53.5 Å². The van der Waals surface area contributed by atoms with E-state index in [1.54, 1.807) is 0 Å². The van der Waals surface area contributed by atoms with Gasteiger partial charge in [-0.3, -0.25) is 4.99 Å². The minimum atomic E-state index is 0.797. The molecule has 2 aromatic rings. The van der Waals surface area contributed by atoms with Crippen LogP contribution in [0.5, 0.6) is 5.75 Å². The van der Waals surface area contributed by atoms with E-state index in [9.17, 15) is 0 Å². The molecule has 0 fully saturated rings. The Morgan fingerprint density at radius 2 is 1.54 bits per heavy atom. The summed E-state index contributed by atoms with van der Waals surface area (Å²) in [5.74, 6) is 0.934. The average Bonchev–Trinajstić information content (AvgIpc) is 2.64. The molecule has 0 atom stereocenters. The Balaban J connectivity index is 1.85. The summed E-state index contributed by atoms with van der Waals surface area (Å²) in [5.41, 5.74) is 3.47. The smallest absolute Gasteiger partial charge is 0.119 e. The molecule has 0 aliphatic carbocycles. The van der Waals surface area contributed by atoms with Gasteiger partial charge < -0.3 is 4.74 Å². The largest absolute Gasteiger partial charge is 0.494 e. The number of benzene rings is 2. The van der Waals surface area contributed by atoms with E-state index in [1.165, 1.54) is 31.2 Å². The van der Waals surface area contributed by atoms with Gasteiger partial charge in [-0.2, -0.15) is 0 Å². The molecule has 0 amide bonds. The Bertz CT molecular complexity index is 599. The standard InChI is InChI=1S/C22H29NO/c1-3-5-7-17-24-22-15-11-20(12-16-22)18-23-21-13-9-19(10-14-21)8-6-4-2/h9-16,18H,3-8,17H2,1-2H3. The summed E-state index contributed by atoms with van der Waals surface area (Å²) >= 11 is 0. The molecule has 0 unspecified atom stereocenters. The Morgan fingerprint density at radius 1 is 0.833 bits per heavy atom. The van der Waals surface area contributed by atoms with Crippen LogP contribution >= 0.6 is 0 Å². The first-order chi connectivity index (χ1) is 11.8. The third-order valence-electron chi connectivity index (χ3n) is 4.01. The third-order valence-corrected chi connectivity index (χ3v) is 4.01. The maximum Gasteiger partial charge on any atom is 0.119 e. The molecule has 0 radical (unpaired) electrons. The van der Waals surface area contributed by atoms with Gasteiger partial charge >= 0.3 is 0 Å². The maximum absolute atomic E-state index is 5.73. The number of rotatable bonds is 10. The lowest BCUT2D eigenvalue weighted by molar-refractivity contribution is 0.306. The highest BCUT2D eigenvalue weighted by molar-refractivity contribution is 5.82. The Kier molecular flexibility index (Phi) is 8.09. The number of nitrogens with zero attached hydrogens (tertiary/aromatic N) is 1. The molecule has 0 bridgehead atoms. The Hall–Kier alpha value is -2.09. The summed E-state index contributed by atoms with van der Waals surface area (Å²) in [7, 11) is 0. The van der Waals surface area contributed by atoms with E-state index in [0.717, 1.165) is 36.4 Å². The van der Waals surface area contributed by atoms with Crippen LogP contribution in [-0.4, -0.2) is 12.8 Å². The first-order valence-electron chi connectivity index (χ1n) is 9.17. The van der Waals surface area contributed by atoms with Crippen LogP contribution in [0.1, 0.15) is 57.1 Å². The monoisotopic (exact) mass is 323 g/mol. The molecule has 2 heteroatoms. The number of hydrogen-bond donors (Lipinski definition) is 0. The van der Waals surface area contributed by atoms with Crippen LogP contribution in [0.2, 0.25) is 0 Å². The van der Waals surface area contributed by atoms with Crippen molar-refractivity contribution in [3.8, 4) is 5.75 Å². The maximum atomic E-state index is 5.73. The van der Waals surface area contributed by atoms with Crippen molar-refractivity contribution in [1.29, 1.82) is 0 Å². The van der Waals surface area contributed by atoms with E-state index >= 15 is 0 Å². The van der Waals surface area contributed by atoms with Crippen LogP contribution in [0.3, 0.4) is 0 Å². The predicted molar refractivity (Wildman–Crippen MR) is 104 cm³/mol. The van der Waals surface area contributed by atoms with E-state index in [-0.39, 0.29) is 0 Å². The van der Waals surface area contributed by atoms with Gasteiger partial charge in [-0.15, -0.1) is 0 Å². The highest BCUT2D eigenvalue weighted by Gasteiger charge is 1.96. The minimum Gasteiger partial charge on any atom is -0.494 e. The molecule has 0 aliphatic rings. The van der Waals surface area contributed by atoms with Crippen molar-refractivity contribution in [2.45, 2.75) is 52.4 Å². The molecule has 128 valence electrons. The molecule has 2 aromatic carbocycles. The summed E-state index contributed by atoms with van der Waals surface area (Å²) in [6.07, 6.45) is 9.10. The predicted octanol–water partition coefficient (Wildman–Crippen LogP) is 6.35. The highest BCUT2D eigenvalue weighted by Crippen LogP contribution is 2.16. The van der Waals surface area contributed by atoms with Crippen molar-refractivity contribution in [3.05, 3.63) is 59.7 Å². The van der Waals surface area contributed by atoms with E-state index in [1.807, 2.05) is 30.5 Å². The van der Waals surface area contributed by atoms with Crippen LogP contribution in [0, 0.1) is 0 Å². The first kappa shape index (κ1) is 18.3. The number of aryl methyl sites for hydroxylation is 1. The van der Waals surface area contributed by atoms with Gasteiger partial charge in [0.1, 0.15) is 5.75 Å². The van der Waals surface area contributed by atoms with Crippen molar-refractivity contribution in [1.82, 2.24) is 0 Å². The van der Waals surface area contributed by atoms with Crippen molar-refractivity contribution in [3.63, 3.8) is 0 Å². The molecule has 0 aliphatic heterocycles. The summed E-state index contributed by atoms with van der Waals surface area (Å²) < 4.78 is 5.73. The lowest BCUT2D eigenvalue weighted by Gasteiger charge is -2.05. The van der Waals surface area contributed by atoms with Crippen LogP contribution in [-0.2, 0) is 6.42 Å². The Labute approximate surface area is 146 Å². The summed E-state index contributed by atoms with van der Waals surface area (Å²) in [5, 5.41) is 0. The van der Waals surface area contributed by atoms with Gasteiger partial charge in [-0.25, -0.2) is 0 Å². The van der Waals surface area contributed by atoms with Gasteiger partial charge in [0.25, 0.3) is 0 Å². The van der Waals surface area contributed by atoms with Gasteiger partial charge in [0, 0.05) is 6.21 Å². The SMILES string of the molecule is CCCCCOc1ccc(C=Nc2ccc(CCCC)cc2)cc1. The first-order valence-corrected chi connectivity index (χ1v) is 9.17. The van der Waals surface area contributed by atoms with Gasteiger partial charge in [0.2, 0.25) is 0 Å². The second kappa shape index (κ2) is 10.6. The minimum absolute atomic E-state index is 0.797. The molecule has 0 spiro atoms. The molecule has 0 heterocycles. The molecular formula is C22H29NO. The van der Waals surface area contributed by atoms with Gasteiger partial charge in [0.05, 0.1) is 12.3 Å². The quantitative estimate of drug-likeness (QED) is 0.369. The normalized spacial score (nSPS) is 11.1. The molecular weight excluding hydrogens is 294 g/mol. The third kappa shape index (κ3) is 6.57. The number of ether oxygens (including phenoxy) is 1. The summed E-state index contributed by atoms with van der Waals surface area (Å²) in [6, 6.07) is 16.7. The van der Waals surface area contributed by atoms with Crippen molar-refractivity contribution >= 4 is 11.9 Å². The molecule has 0 aromatic heterocycles. The van der Waals surface area contributed by atoms with Crippen LogP contribution in [0.25, 0.3) is 0 Å². The topological polar surface area (TPSA) is 21.6 Å². The van der Waals surface area contributed by atoms with Crippen molar-refractivity contribution in [2.75, 3.05) is 6.61 Å². The zero-order chi connectivity index (χ0) is 17.0. The highest BCUT2D eigenvalue weighted by atomic mass is 16.5. The number of unbranched alkanes of at least 4 members (excludes halogenated alkanes) is 3. The van der Waals surface area contributed by atoms with Crippen LogP contribution < -0.4 is 4.74 Å². The van der Waals surface area contributed by atoms with Gasteiger partial charge in [-0.05, 0) is 66.8 Å². The summed E-state index contributed by atoms with van der Waals surface area (Å²) in [4.78, 5) is 4.55. The molecule has 24 heavy (non-hydrogen) atoms. The summed E-state index contributed by atoms with van der Waals surface area (Å²) in [6.45, 7) is 5.22. The second-order valence-corrected chi connectivity index (χ2v) is 6.15. The Morgan fingerprint density at radius 3 is 2.21 bits per heavy atom. The zero-order valence-electron chi connectivity index (χ0n) is 15.0. The van der Waals surface area contributed by atoms with Gasteiger partial charge in [-0.1, -0.05) is 45.2 Å². The molecule has 2 nitrogen and oxygen atoms in total. The van der Waals surface area contributed by atoms with E-state index in [2.05, 4.69) is 43.1 Å². The van der Waals surface area contributed by atoms with Crippen molar-refractivity contribution in [2.24, 2.45) is 4.99 Å². The lowest BCUT2D eigenvalue weighted by atomic mass is 10.1. The zero-order valence-corrected chi connectivity index (χ0v) is 15.0. The fourth-order valence-corrected chi connectivity index (χ4v) is 2.47. The van der Waals surface area contributed by atoms with E-state index in [4.69, 9.17) is 4.74 Å². The molecule has 0 N–H and O–H groups in total. The van der Waals surface area contributed by atoms with Crippen molar-refractivity contribution < 1.29 is 4.74 Å². The number of hydrogen-bond acceptors (Lipinski definition) is 2. The van der Waals surface area contributed by atoms with Gasteiger partial charge in [0.15, 0.2) is 0 Å². The molecule has 2 rings (SSSR count). The van der Waals surface area contributed by atoms with E-state index in [0.29, 0.717) is 0 Å². The fraction of sp³-hybridized carbons (Fsp3) is 0.409. The number of aliphatic imine (C=N–C) groups is 1. The molecule has 0 saturated carbocycles. The van der Waals surface area contributed by atoms with Crippen LogP contribution in [0.4, 0.5) is 5.69 Å². The second-order valence-electron chi connectivity index (χ2n) is 6.15. The van der Waals surface area contributed by atoms with E-state index < -0.39 is 0 Å².